The topological polar surface area (TPSA) is 50.4 Å². The summed E-state index contributed by atoms with van der Waals surface area (Å²) in [5, 5.41) is 6.38. The number of unbranched alkanes of at least 4 members (excludes halogenated alkanes) is 1. The molecule has 4 nitrogen and oxygen atoms in total. The number of hydrogen-bond donors (Lipinski definition) is 2. The van der Waals surface area contributed by atoms with E-state index in [0.717, 1.165) is 50.6 Å². The van der Waals surface area contributed by atoms with Crippen LogP contribution in [0.1, 0.15) is 44.1 Å². The number of carbonyl (C=O) groups is 1. The molecule has 1 saturated heterocycles. The first kappa shape index (κ1) is 17.8. The molecule has 1 heterocycles. The largest absolute Gasteiger partial charge is 0.494 e. The van der Waals surface area contributed by atoms with Crippen molar-refractivity contribution in [1.29, 1.82) is 0 Å². The Kier molecular flexibility index (Phi) is 7.95. The predicted octanol–water partition coefficient (Wildman–Crippen LogP) is 3.05. The molecular weight excluding hydrogens is 288 g/mol. The Morgan fingerprint density at radius 1 is 1.22 bits per heavy atom. The molecule has 23 heavy (non-hydrogen) atoms. The minimum absolute atomic E-state index is 0.197. The molecule has 0 spiro atoms. The van der Waals surface area contributed by atoms with Gasteiger partial charge in [-0.15, -0.1) is 0 Å². The normalized spacial score (nSPS) is 15.3. The monoisotopic (exact) mass is 318 g/mol. The van der Waals surface area contributed by atoms with Crippen LogP contribution in [0.5, 0.6) is 5.75 Å². The van der Waals surface area contributed by atoms with Crippen molar-refractivity contribution in [1.82, 2.24) is 10.6 Å². The van der Waals surface area contributed by atoms with Gasteiger partial charge in [0.15, 0.2) is 0 Å². The second-order valence-corrected chi connectivity index (χ2v) is 6.45. The molecule has 0 unspecified atom stereocenters. The van der Waals surface area contributed by atoms with E-state index < -0.39 is 0 Å². The molecule has 0 aliphatic carbocycles. The van der Waals surface area contributed by atoms with E-state index in [1.165, 1.54) is 18.4 Å². The van der Waals surface area contributed by atoms with Crippen LogP contribution in [0.2, 0.25) is 0 Å². The Hall–Kier alpha value is -1.55. The van der Waals surface area contributed by atoms with Crippen LogP contribution in [-0.4, -0.2) is 32.1 Å². The van der Waals surface area contributed by atoms with Crippen molar-refractivity contribution in [2.24, 2.45) is 5.92 Å². The Balaban J connectivity index is 1.45. The Labute approximate surface area is 140 Å². The van der Waals surface area contributed by atoms with Gasteiger partial charge in [0.1, 0.15) is 5.75 Å². The Morgan fingerprint density at radius 2 is 1.96 bits per heavy atom. The van der Waals surface area contributed by atoms with Crippen LogP contribution in [0.25, 0.3) is 0 Å². The van der Waals surface area contributed by atoms with Gasteiger partial charge < -0.3 is 15.4 Å². The molecule has 0 atom stereocenters. The lowest BCUT2D eigenvalue weighted by Crippen LogP contribution is -2.29. The molecule has 1 aliphatic heterocycles. The van der Waals surface area contributed by atoms with Crippen LogP contribution >= 0.6 is 0 Å². The van der Waals surface area contributed by atoms with Crippen LogP contribution in [0.4, 0.5) is 0 Å². The molecule has 128 valence electrons. The highest BCUT2D eigenvalue weighted by Gasteiger charge is 2.14. The second-order valence-electron chi connectivity index (χ2n) is 6.45. The summed E-state index contributed by atoms with van der Waals surface area (Å²) in [6.07, 6.45) is 6.05. The van der Waals surface area contributed by atoms with Crippen LogP contribution in [0.3, 0.4) is 0 Å². The third kappa shape index (κ3) is 7.51. The van der Waals surface area contributed by atoms with E-state index in [4.69, 9.17) is 4.74 Å². The zero-order valence-electron chi connectivity index (χ0n) is 14.3. The van der Waals surface area contributed by atoms with E-state index in [9.17, 15) is 4.79 Å². The summed E-state index contributed by atoms with van der Waals surface area (Å²) in [4.78, 5) is 11.8. The summed E-state index contributed by atoms with van der Waals surface area (Å²) in [5.41, 5.74) is 1.24. The van der Waals surface area contributed by atoms with Crippen molar-refractivity contribution in [3.8, 4) is 5.75 Å². The highest BCUT2D eigenvalue weighted by atomic mass is 16.5. The summed E-state index contributed by atoms with van der Waals surface area (Å²) in [7, 11) is 0. The lowest BCUT2D eigenvalue weighted by molar-refractivity contribution is -0.121. The first-order valence-corrected chi connectivity index (χ1v) is 8.91. The molecule has 2 rings (SSSR count). The number of nitrogens with one attached hydrogen (secondary N) is 2. The van der Waals surface area contributed by atoms with E-state index in [1.807, 2.05) is 12.1 Å². The second kappa shape index (κ2) is 10.3. The number of aryl methyl sites for hydroxylation is 1. The molecule has 1 aromatic rings. The summed E-state index contributed by atoms with van der Waals surface area (Å²) in [5.74, 6) is 1.84. The fraction of sp³-hybridized carbons (Fsp3) is 0.632. The van der Waals surface area contributed by atoms with E-state index >= 15 is 0 Å². The van der Waals surface area contributed by atoms with Gasteiger partial charge in [-0.1, -0.05) is 17.7 Å². The third-order valence-corrected chi connectivity index (χ3v) is 4.42. The Morgan fingerprint density at radius 3 is 2.70 bits per heavy atom. The minimum atomic E-state index is 0.197. The van der Waals surface area contributed by atoms with Gasteiger partial charge in [-0.2, -0.15) is 0 Å². The van der Waals surface area contributed by atoms with Crippen molar-refractivity contribution in [2.45, 2.75) is 45.4 Å². The predicted molar refractivity (Wildman–Crippen MR) is 93.7 cm³/mol. The minimum Gasteiger partial charge on any atom is -0.494 e. The van der Waals surface area contributed by atoms with Gasteiger partial charge in [0.25, 0.3) is 0 Å². The smallest absolute Gasteiger partial charge is 0.220 e. The van der Waals surface area contributed by atoms with Crippen molar-refractivity contribution in [2.75, 3.05) is 26.2 Å². The molecule has 0 radical (unpaired) electrons. The van der Waals surface area contributed by atoms with Gasteiger partial charge in [-0.25, -0.2) is 0 Å². The number of ether oxygens (including phenoxy) is 1. The quantitative estimate of drug-likeness (QED) is 0.688. The standard InChI is InChI=1S/C19H30N2O2/c1-16-4-7-18(8-5-16)23-15-3-2-12-21-19(22)9-6-17-10-13-20-14-11-17/h4-5,7-8,17,20H,2-3,6,9-15H2,1H3,(H,21,22). The van der Waals surface area contributed by atoms with Crippen LogP contribution in [-0.2, 0) is 4.79 Å². The maximum absolute atomic E-state index is 11.8. The van der Waals surface area contributed by atoms with Crippen molar-refractivity contribution in [3.63, 3.8) is 0 Å². The number of benzene rings is 1. The van der Waals surface area contributed by atoms with Crippen molar-refractivity contribution >= 4 is 5.91 Å². The van der Waals surface area contributed by atoms with Crippen molar-refractivity contribution < 1.29 is 9.53 Å². The number of rotatable bonds is 9. The van der Waals surface area contributed by atoms with Gasteiger partial charge in [0, 0.05) is 13.0 Å². The van der Waals surface area contributed by atoms with Gasteiger partial charge in [0.05, 0.1) is 6.61 Å². The average Bonchev–Trinajstić information content (AvgIpc) is 2.58. The molecule has 2 N–H and O–H groups in total. The van der Waals surface area contributed by atoms with E-state index in [2.05, 4.69) is 29.7 Å². The van der Waals surface area contributed by atoms with Gasteiger partial charge >= 0.3 is 0 Å². The van der Waals surface area contributed by atoms with Gasteiger partial charge in [-0.05, 0) is 70.2 Å². The first-order valence-electron chi connectivity index (χ1n) is 8.91. The highest BCUT2D eigenvalue weighted by molar-refractivity contribution is 5.75. The number of piperidine rings is 1. The highest BCUT2D eigenvalue weighted by Crippen LogP contribution is 2.17. The number of hydrogen-bond acceptors (Lipinski definition) is 3. The molecule has 1 amide bonds. The lowest BCUT2D eigenvalue weighted by atomic mass is 9.93. The zero-order chi connectivity index (χ0) is 16.3. The van der Waals surface area contributed by atoms with E-state index in [-0.39, 0.29) is 5.91 Å². The van der Waals surface area contributed by atoms with Gasteiger partial charge in [0.2, 0.25) is 5.91 Å². The molecule has 1 fully saturated rings. The zero-order valence-corrected chi connectivity index (χ0v) is 14.3. The first-order chi connectivity index (χ1) is 11.2. The molecule has 0 bridgehead atoms. The fourth-order valence-corrected chi connectivity index (χ4v) is 2.87. The maximum atomic E-state index is 11.8. The van der Waals surface area contributed by atoms with E-state index in [1.54, 1.807) is 0 Å². The Bertz CT molecular complexity index is 453. The summed E-state index contributed by atoms with van der Waals surface area (Å²) in [6.45, 7) is 5.73. The molecule has 1 aliphatic rings. The third-order valence-electron chi connectivity index (χ3n) is 4.42. The summed E-state index contributed by atoms with van der Waals surface area (Å²) < 4.78 is 5.68. The summed E-state index contributed by atoms with van der Waals surface area (Å²) >= 11 is 0. The van der Waals surface area contributed by atoms with Crippen LogP contribution in [0.15, 0.2) is 24.3 Å². The molecule has 0 aromatic heterocycles. The van der Waals surface area contributed by atoms with Crippen LogP contribution < -0.4 is 15.4 Å². The molecule has 0 saturated carbocycles. The molecule has 4 heteroatoms. The van der Waals surface area contributed by atoms with Gasteiger partial charge in [-0.3, -0.25) is 4.79 Å². The SMILES string of the molecule is Cc1ccc(OCCCCNC(=O)CCC2CCNCC2)cc1. The van der Waals surface area contributed by atoms with E-state index in [0.29, 0.717) is 13.0 Å². The maximum Gasteiger partial charge on any atom is 0.220 e. The van der Waals surface area contributed by atoms with Crippen LogP contribution in [0, 0.1) is 12.8 Å². The fourth-order valence-electron chi connectivity index (χ4n) is 2.87. The molecule has 1 aromatic carbocycles. The summed E-state index contributed by atoms with van der Waals surface area (Å²) in [6, 6.07) is 8.10. The number of amides is 1. The van der Waals surface area contributed by atoms with Crippen molar-refractivity contribution in [3.05, 3.63) is 29.8 Å². The molecular formula is C19H30N2O2. The number of carbonyl (C=O) groups excluding carboxylic acids is 1. The average molecular weight is 318 g/mol. The lowest BCUT2D eigenvalue weighted by Gasteiger charge is -2.22.